The zero-order valence-electron chi connectivity index (χ0n) is 45.0. The van der Waals surface area contributed by atoms with Gasteiger partial charge in [-0.3, -0.25) is 18.6 Å². The van der Waals surface area contributed by atoms with Crippen molar-refractivity contribution in [2.75, 3.05) is 13.2 Å². The van der Waals surface area contributed by atoms with Crippen molar-refractivity contribution in [2.45, 2.75) is 313 Å². The van der Waals surface area contributed by atoms with Gasteiger partial charge in [0.25, 0.3) is 0 Å². The van der Waals surface area contributed by atoms with Gasteiger partial charge in [0, 0.05) is 12.8 Å². The highest BCUT2D eigenvalue weighted by Crippen LogP contribution is 2.47. The molecule has 0 bridgehead atoms. The van der Waals surface area contributed by atoms with Crippen molar-refractivity contribution in [3.05, 3.63) is 24.3 Å². The van der Waals surface area contributed by atoms with E-state index in [0.29, 0.717) is 12.8 Å². The summed E-state index contributed by atoms with van der Waals surface area (Å²) in [7, 11) is -5.12. The van der Waals surface area contributed by atoms with E-state index in [1.165, 1.54) is 173 Å². The molecule has 0 heterocycles. The van der Waals surface area contributed by atoms with Crippen molar-refractivity contribution < 1.29 is 63.1 Å². The van der Waals surface area contributed by atoms with E-state index in [1.54, 1.807) is 0 Å². The van der Waals surface area contributed by atoms with Crippen molar-refractivity contribution >= 4 is 19.8 Å². The molecule has 0 aromatic heterocycles. The number of unbranched alkanes of at least 4 members (excludes halogenated alkanes) is 34. The number of aliphatic hydroxyl groups excluding tert-OH is 5. The van der Waals surface area contributed by atoms with Crippen LogP contribution in [0, 0.1) is 0 Å². The Morgan fingerprint density at radius 1 is 0.437 bits per heavy atom. The Labute approximate surface area is 432 Å². The largest absolute Gasteiger partial charge is 0.472 e. The molecule has 0 amide bonds. The molecule has 0 aromatic rings. The van der Waals surface area contributed by atoms with Gasteiger partial charge in [-0.15, -0.1) is 0 Å². The van der Waals surface area contributed by atoms with Crippen molar-refractivity contribution in [1.82, 2.24) is 0 Å². The molecule has 0 aliphatic heterocycles. The summed E-state index contributed by atoms with van der Waals surface area (Å²) < 4.78 is 33.8. The third-order valence-electron chi connectivity index (χ3n) is 13.8. The minimum atomic E-state index is -5.12. The quantitative estimate of drug-likeness (QED) is 0.0145. The second kappa shape index (κ2) is 46.8. The summed E-state index contributed by atoms with van der Waals surface area (Å²) in [6.07, 6.45) is 42.2. The summed E-state index contributed by atoms with van der Waals surface area (Å²) in [5, 5.41) is 50.4. The van der Waals surface area contributed by atoms with Crippen molar-refractivity contribution in [3.63, 3.8) is 0 Å². The summed E-state index contributed by atoms with van der Waals surface area (Å²) >= 11 is 0. The number of ether oxygens (including phenoxy) is 2. The Bertz CT molecular complexity index is 1330. The highest BCUT2D eigenvalue weighted by atomic mass is 31.2. The van der Waals surface area contributed by atoms with E-state index in [2.05, 4.69) is 38.2 Å². The topological polar surface area (TPSA) is 210 Å². The van der Waals surface area contributed by atoms with Gasteiger partial charge in [-0.1, -0.05) is 237 Å². The zero-order valence-corrected chi connectivity index (χ0v) is 45.9. The number of aliphatic hydroxyl groups is 5. The molecule has 418 valence electrons. The first kappa shape index (κ1) is 67.3. The predicted molar refractivity (Wildman–Crippen MR) is 286 cm³/mol. The second-order valence-electron chi connectivity index (χ2n) is 20.5. The van der Waals surface area contributed by atoms with E-state index >= 15 is 0 Å². The summed E-state index contributed by atoms with van der Waals surface area (Å²) in [6, 6.07) is 0. The van der Waals surface area contributed by atoms with Crippen LogP contribution in [-0.2, 0) is 32.7 Å². The molecule has 1 aliphatic carbocycles. The van der Waals surface area contributed by atoms with Crippen LogP contribution in [0.15, 0.2) is 24.3 Å². The van der Waals surface area contributed by atoms with Gasteiger partial charge in [0.15, 0.2) is 6.10 Å². The van der Waals surface area contributed by atoms with Crippen LogP contribution in [0.4, 0.5) is 0 Å². The molecular weight excluding hydrogens is 924 g/mol. The maximum absolute atomic E-state index is 12.9. The molecule has 1 saturated carbocycles. The molecule has 13 nitrogen and oxygen atoms in total. The summed E-state index contributed by atoms with van der Waals surface area (Å²) in [4.78, 5) is 36.0. The minimum Gasteiger partial charge on any atom is -0.462 e. The summed E-state index contributed by atoms with van der Waals surface area (Å²) in [6.45, 7) is 3.33. The van der Waals surface area contributed by atoms with E-state index in [9.17, 15) is 44.6 Å². The van der Waals surface area contributed by atoms with Crippen LogP contribution in [0.25, 0.3) is 0 Å². The molecule has 0 radical (unpaired) electrons. The first-order chi connectivity index (χ1) is 34.4. The normalized spacial score (nSPS) is 20.7. The van der Waals surface area contributed by atoms with Gasteiger partial charge in [0.1, 0.15) is 43.2 Å². The number of allylic oxidation sites excluding steroid dienone is 4. The fourth-order valence-electron chi connectivity index (χ4n) is 9.14. The van der Waals surface area contributed by atoms with E-state index < -0.39 is 75.7 Å². The SMILES string of the molecule is CCCCC/C=C/C/C=C/CCCCCCCCCCCC(=O)O[C@@H](COC(=O)CCCCCCCCCCCCCCCCCCCCCCCCC)COP(=O)(O)OC1C(O)C(O)C(O)[C@H](O)C1O. The molecule has 6 unspecified atom stereocenters. The van der Waals surface area contributed by atoms with Crippen LogP contribution in [0.3, 0.4) is 0 Å². The van der Waals surface area contributed by atoms with E-state index in [1.807, 2.05) is 0 Å². The molecule has 71 heavy (non-hydrogen) atoms. The number of hydrogen-bond acceptors (Lipinski definition) is 12. The van der Waals surface area contributed by atoms with Gasteiger partial charge < -0.3 is 39.9 Å². The number of carbonyl (C=O) groups excluding carboxylic acids is 2. The molecule has 1 aliphatic rings. The summed E-state index contributed by atoms with van der Waals surface area (Å²) in [5.74, 6) is -1.09. The molecule has 8 atom stereocenters. The summed E-state index contributed by atoms with van der Waals surface area (Å²) in [5.41, 5.74) is 0. The van der Waals surface area contributed by atoms with Crippen LogP contribution >= 0.6 is 7.82 Å². The van der Waals surface area contributed by atoms with Crippen molar-refractivity contribution in [1.29, 1.82) is 0 Å². The Balaban J connectivity index is 2.31. The third-order valence-corrected chi connectivity index (χ3v) is 14.8. The molecule has 1 fully saturated rings. The van der Waals surface area contributed by atoms with Gasteiger partial charge >= 0.3 is 19.8 Å². The third kappa shape index (κ3) is 38.5. The molecule has 6 N–H and O–H groups in total. The number of carbonyl (C=O) groups is 2. The standard InChI is InChI=1S/C57H107O13P/c1-3-5-7-9-11-13-15-17-19-21-23-24-25-26-28-29-31-33-35-37-39-41-43-45-50(58)67-47-49(48-68-71(65,66)70-57-55(63)53(61)52(60)54(62)56(57)64)69-51(59)46-44-42-40-38-36-34-32-30-27-22-20-18-16-14-12-10-8-6-4-2/h12,14,18,20,49,52-57,60-64H,3-11,13,15-17,19,21-48H2,1-2H3,(H,65,66)/b14-12+,20-18+/t49-,52?,53-,54?,55?,56?,57?/m0/s1. The Hall–Kier alpha value is -1.67. The molecule has 14 heteroatoms. The van der Waals surface area contributed by atoms with Gasteiger partial charge in [0.2, 0.25) is 0 Å². The van der Waals surface area contributed by atoms with Crippen LogP contribution in [0.1, 0.15) is 271 Å². The Morgan fingerprint density at radius 3 is 1.17 bits per heavy atom. The first-order valence-electron chi connectivity index (χ1n) is 29.1. The minimum absolute atomic E-state index is 0.0952. The van der Waals surface area contributed by atoms with Gasteiger partial charge in [-0.05, 0) is 44.9 Å². The van der Waals surface area contributed by atoms with E-state index in [4.69, 9.17) is 18.5 Å². The number of phosphoric acid groups is 1. The van der Waals surface area contributed by atoms with Crippen LogP contribution in [0.5, 0.6) is 0 Å². The van der Waals surface area contributed by atoms with Crippen molar-refractivity contribution in [2.24, 2.45) is 0 Å². The Morgan fingerprint density at radius 2 is 0.761 bits per heavy atom. The van der Waals surface area contributed by atoms with Gasteiger partial charge in [0.05, 0.1) is 6.61 Å². The monoisotopic (exact) mass is 1030 g/mol. The second-order valence-corrected chi connectivity index (χ2v) is 21.9. The maximum Gasteiger partial charge on any atom is 0.472 e. The molecule has 0 spiro atoms. The highest BCUT2D eigenvalue weighted by Gasteiger charge is 2.51. The number of esters is 2. The maximum atomic E-state index is 12.9. The van der Waals surface area contributed by atoms with Crippen LogP contribution in [-0.4, -0.2) is 98.3 Å². The van der Waals surface area contributed by atoms with Crippen LogP contribution in [0.2, 0.25) is 0 Å². The highest BCUT2D eigenvalue weighted by molar-refractivity contribution is 7.47. The van der Waals surface area contributed by atoms with Crippen molar-refractivity contribution in [3.8, 4) is 0 Å². The number of phosphoric ester groups is 1. The average Bonchev–Trinajstić information content (AvgIpc) is 3.35. The fraction of sp³-hybridized carbons (Fsp3) is 0.895. The van der Waals surface area contributed by atoms with E-state index in [0.717, 1.165) is 57.8 Å². The zero-order chi connectivity index (χ0) is 52.1. The Kier molecular flexibility index (Phi) is 44.4. The number of rotatable bonds is 50. The van der Waals surface area contributed by atoms with Gasteiger partial charge in [-0.2, -0.15) is 0 Å². The first-order valence-corrected chi connectivity index (χ1v) is 30.6. The predicted octanol–water partition coefficient (Wildman–Crippen LogP) is 13.5. The molecule has 0 saturated heterocycles. The lowest BCUT2D eigenvalue weighted by molar-refractivity contribution is -0.220. The van der Waals surface area contributed by atoms with E-state index in [-0.39, 0.29) is 12.8 Å². The molecule has 1 rings (SSSR count). The lowest BCUT2D eigenvalue weighted by atomic mass is 9.85. The molecule has 0 aromatic carbocycles. The smallest absolute Gasteiger partial charge is 0.462 e. The fourth-order valence-corrected chi connectivity index (χ4v) is 10.1. The number of hydrogen-bond donors (Lipinski definition) is 6. The lowest BCUT2D eigenvalue weighted by Gasteiger charge is -2.41. The molecular formula is C57H107O13P. The van der Waals surface area contributed by atoms with Crippen LogP contribution < -0.4 is 0 Å². The average molecular weight is 1030 g/mol. The lowest BCUT2D eigenvalue weighted by Crippen LogP contribution is -2.64. The van der Waals surface area contributed by atoms with Gasteiger partial charge in [-0.25, -0.2) is 4.57 Å².